The molecule has 1 aliphatic heterocycles. The van der Waals surface area contributed by atoms with E-state index in [9.17, 15) is 18.0 Å². The van der Waals surface area contributed by atoms with Crippen molar-refractivity contribution in [3.8, 4) is 0 Å². The highest BCUT2D eigenvalue weighted by atomic mass is 32.2. The minimum Gasteiger partial charge on any atom is -0.352 e. The van der Waals surface area contributed by atoms with Gasteiger partial charge in [0.15, 0.2) is 17.5 Å². The van der Waals surface area contributed by atoms with Gasteiger partial charge in [0.05, 0.1) is 0 Å². The molecule has 104 valence electrons. The third kappa shape index (κ3) is 3.65. The van der Waals surface area contributed by atoms with E-state index in [1.165, 1.54) is 0 Å². The molecule has 2 rings (SSSR count). The van der Waals surface area contributed by atoms with Crippen LogP contribution in [0.15, 0.2) is 12.1 Å². The minimum absolute atomic E-state index is 0.193. The average Bonchev–Trinajstić information content (AvgIpc) is 2.42. The van der Waals surface area contributed by atoms with Crippen molar-refractivity contribution < 1.29 is 18.0 Å². The summed E-state index contributed by atoms with van der Waals surface area (Å²) in [6, 6.07) is 1.43. The summed E-state index contributed by atoms with van der Waals surface area (Å²) in [6.07, 6.45) is 2.05. The van der Waals surface area contributed by atoms with Crippen LogP contribution < -0.4 is 5.32 Å². The second-order valence-corrected chi connectivity index (χ2v) is 5.74. The predicted octanol–water partition coefficient (Wildman–Crippen LogP) is 2.98. The van der Waals surface area contributed by atoms with Gasteiger partial charge in [-0.3, -0.25) is 4.79 Å². The molecule has 19 heavy (non-hydrogen) atoms. The Morgan fingerprint density at radius 3 is 2.37 bits per heavy atom. The molecule has 1 N–H and O–H groups in total. The molecule has 1 heterocycles. The summed E-state index contributed by atoms with van der Waals surface area (Å²) < 4.78 is 38.8. The van der Waals surface area contributed by atoms with Gasteiger partial charge in [-0.15, -0.1) is 0 Å². The summed E-state index contributed by atoms with van der Waals surface area (Å²) >= 11 is 1.88. The molecule has 1 aromatic rings. The second kappa shape index (κ2) is 6.32. The van der Waals surface area contributed by atoms with Crippen LogP contribution >= 0.6 is 11.8 Å². The van der Waals surface area contributed by atoms with Gasteiger partial charge in [0, 0.05) is 12.1 Å². The van der Waals surface area contributed by atoms with Crippen LogP contribution in [0.1, 0.15) is 23.2 Å². The SMILES string of the molecule is O=C(NCC1CCSCC1)c1cc(F)c(F)c(F)c1. The second-order valence-electron chi connectivity index (χ2n) is 4.52. The van der Waals surface area contributed by atoms with Crippen molar-refractivity contribution in [2.24, 2.45) is 5.92 Å². The Kier molecular flexibility index (Phi) is 4.74. The number of halogens is 3. The van der Waals surface area contributed by atoms with Crippen molar-refractivity contribution in [3.63, 3.8) is 0 Å². The van der Waals surface area contributed by atoms with Crippen molar-refractivity contribution in [1.82, 2.24) is 5.32 Å². The van der Waals surface area contributed by atoms with Gasteiger partial charge in [0.2, 0.25) is 0 Å². The summed E-state index contributed by atoms with van der Waals surface area (Å²) in [7, 11) is 0. The summed E-state index contributed by atoms with van der Waals surface area (Å²) in [5.41, 5.74) is -0.193. The van der Waals surface area contributed by atoms with Crippen LogP contribution in [0.3, 0.4) is 0 Å². The first-order valence-electron chi connectivity index (χ1n) is 6.08. The van der Waals surface area contributed by atoms with Crippen LogP contribution in [0.5, 0.6) is 0 Å². The zero-order valence-electron chi connectivity index (χ0n) is 10.2. The molecular formula is C13H14F3NOS. The molecule has 0 aromatic heterocycles. The lowest BCUT2D eigenvalue weighted by Crippen LogP contribution is -2.31. The molecule has 0 atom stereocenters. The van der Waals surface area contributed by atoms with Crippen LogP contribution in [0, 0.1) is 23.4 Å². The van der Waals surface area contributed by atoms with E-state index in [0.29, 0.717) is 24.6 Å². The Morgan fingerprint density at radius 2 is 1.79 bits per heavy atom. The molecule has 0 radical (unpaired) electrons. The molecule has 1 amide bonds. The van der Waals surface area contributed by atoms with Crippen molar-refractivity contribution in [3.05, 3.63) is 35.1 Å². The van der Waals surface area contributed by atoms with E-state index < -0.39 is 23.4 Å². The molecule has 0 unspecified atom stereocenters. The summed E-state index contributed by atoms with van der Waals surface area (Å²) in [5.74, 6) is -2.28. The molecule has 0 spiro atoms. The first-order valence-corrected chi connectivity index (χ1v) is 7.24. The standard InChI is InChI=1S/C13H14F3NOS/c14-10-5-9(6-11(15)12(10)16)13(18)17-7-8-1-3-19-4-2-8/h5-6,8H,1-4,7H2,(H,17,18). The maximum atomic E-state index is 13.0. The number of nitrogens with one attached hydrogen (secondary N) is 1. The van der Waals surface area contributed by atoms with Gasteiger partial charge in [-0.05, 0) is 42.4 Å². The zero-order chi connectivity index (χ0) is 13.8. The molecule has 0 saturated carbocycles. The first kappa shape index (κ1) is 14.2. The van der Waals surface area contributed by atoms with Crippen molar-refractivity contribution >= 4 is 17.7 Å². The summed E-state index contributed by atoms with van der Waals surface area (Å²) in [6.45, 7) is 0.486. The van der Waals surface area contributed by atoms with Crippen LogP contribution in [0.2, 0.25) is 0 Å². The predicted molar refractivity (Wildman–Crippen MR) is 68.7 cm³/mol. The number of thioether (sulfide) groups is 1. The topological polar surface area (TPSA) is 29.1 Å². The number of benzene rings is 1. The number of amides is 1. The zero-order valence-corrected chi connectivity index (χ0v) is 11.0. The Labute approximate surface area is 113 Å². The lowest BCUT2D eigenvalue weighted by Gasteiger charge is -2.21. The quantitative estimate of drug-likeness (QED) is 0.867. The van der Waals surface area contributed by atoms with Crippen molar-refractivity contribution in [2.75, 3.05) is 18.1 Å². The van der Waals surface area contributed by atoms with Crippen molar-refractivity contribution in [1.29, 1.82) is 0 Å². The molecular weight excluding hydrogens is 275 g/mol. The van der Waals surface area contributed by atoms with Gasteiger partial charge in [-0.1, -0.05) is 0 Å². The third-order valence-electron chi connectivity index (χ3n) is 3.14. The van der Waals surface area contributed by atoms with Crippen LogP contribution in [0.25, 0.3) is 0 Å². The molecule has 1 fully saturated rings. The maximum Gasteiger partial charge on any atom is 0.251 e. The molecule has 1 aromatic carbocycles. The monoisotopic (exact) mass is 289 g/mol. The van der Waals surface area contributed by atoms with E-state index in [-0.39, 0.29) is 5.56 Å². The highest BCUT2D eigenvalue weighted by Gasteiger charge is 2.17. The fourth-order valence-corrected chi connectivity index (χ4v) is 3.18. The van der Waals surface area contributed by atoms with Crippen LogP contribution in [-0.2, 0) is 0 Å². The number of hydrogen-bond acceptors (Lipinski definition) is 2. The van der Waals surface area contributed by atoms with Gasteiger partial charge in [-0.25, -0.2) is 13.2 Å². The molecule has 0 aliphatic carbocycles. The molecule has 2 nitrogen and oxygen atoms in total. The van der Waals surface area contributed by atoms with E-state index in [1.54, 1.807) is 0 Å². The molecule has 0 bridgehead atoms. The van der Waals surface area contributed by atoms with E-state index >= 15 is 0 Å². The lowest BCUT2D eigenvalue weighted by molar-refractivity contribution is 0.0945. The van der Waals surface area contributed by atoms with E-state index in [4.69, 9.17) is 0 Å². The van der Waals surface area contributed by atoms with E-state index in [1.807, 2.05) is 11.8 Å². The fourth-order valence-electron chi connectivity index (χ4n) is 1.98. The number of carbonyl (C=O) groups excluding carboxylic acids is 1. The Hall–Kier alpha value is -1.17. The molecule has 6 heteroatoms. The van der Waals surface area contributed by atoms with Gasteiger partial charge in [-0.2, -0.15) is 11.8 Å². The van der Waals surface area contributed by atoms with E-state index in [2.05, 4.69) is 5.32 Å². The fraction of sp³-hybridized carbons (Fsp3) is 0.462. The van der Waals surface area contributed by atoms with E-state index in [0.717, 1.165) is 24.3 Å². The smallest absolute Gasteiger partial charge is 0.251 e. The van der Waals surface area contributed by atoms with Gasteiger partial charge in [0.25, 0.3) is 5.91 Å². The number of carbonyl (C=O) groups is 1. The number of rotatable bonds is 3. The minimum atomic E-state index is -1.55. The van der Waals surface area contributed by atoms with Crippen LogP contribution in [-0.4, -0.2) is 24.0 Å². The van der Waals surface area contributed by atoms with Crippen LogP contribution in [0.4, 0.5) is 13.2 Å². The largest absolute Gasteiger partial charge is 0.352 e. The molecule has 1 saturated heterocycles. The normalized spacial score (nSPS) is 16.4. The van der Waals surface area contributed by atoms with Gasteiger partial charge >= 0.3 is 0 Å². The average molecular weight is 289 g/mol. The highest BCUT2D eigenvalue weighted by molar-refractivity contribution is 7.99. The first-order chi connectivity index (χ1) is 9.08. The summed E-state index contributed by atoms with van der Waals surface area (Å²) in [4.78, 5) is 11.7. The molecule has 1 aliphatic rings. The van der Waals surface area contributed by atoms with Crippen molar-refractivity contribution in [2.45, 2.75) is 12.8 Å². The third-order valence-corrected chi connectivity index (χ3v) is 4.19. The Morgan fingerprint density at radius 1 is 1.21 bits per heavy atom. The Bertz CT molecular complexity index is 452. The number of hydrogen-bond donors (Lipinski definition) is 1. The highest BCUT2D eigenvalue weighted by Crippen LogP contribution is 2.22. The Balaban J connectivity index is 1.96. The van der Waals surface area contributed by atoms with Gasteiger partial charge < -0.3 is 5.32 Å². The summed E-state index contributed by atoms with van der Waals surface area (Å²) in [5, 5.41) is 2.64. The maximum absolute atomic E-state index is 13.0. The van der Waals surface area contributed by atoms with Gasteiger partial charge in [0.1, 0.15) is 0 Å². The lowest BCUT2D eigenvalue weighted by atomic mass is 10.0.